The molecule has 2 aromatic carbocycles. The first-order valence-electron chi connectivity index (χ1n) is 8.99. The van der Waals surface area contributed by atoms with E-state index < -0.39 is 0 Å². The Labute approximate surface area is 166 Å². The molecule has 9 nitrogen and oxygen atoms in total. The fourth-order valence-electron chi connectivity index (χ4n) is 3.18. The Morgan fingerprint density at radius 1 is 1.28 bits per heavy atom. The summed E-state index contributed by atoms with van der Waals surface area (Å²) in [6, 6.07) is 14.0. The van der Waals surface area contributed by atoms with Gasteiger partial charge in [-0.1, -0.05) is 24.3 Å². The number of nitrogens with one attached hydrogen (secondary N) is 2. The highest BCUT2D eigenvalue weighted by Gasteiger charge is 2.29. The van der Waals surface area contributed by atoms with Crippen LogP contribution in [0, 0.1) is 0 Å². The van der Waals surface area contributed by atoms with Gasteiger partial charge >= 0.3 is 0 Å². The maximum absolute atomic E-state index is 12.3. The van der Waals surface area contributed by atoms with Gasteiger partial charge in [0.1, 0.15) is 17.8 Å². The summed E-state index contributed by atoms with van der Waals surface area (Å²) in [6.45, 7) is -0.183. The number of rotatable bonds is 6. The first kappa shape index (κ1) is 18.5. The van der Waals surface area contributed by atoms with Crippen LogP contribution in [-0.4, -0.2) is 40.3 Å². The van der Waals surface area contributed by atoms with Crippen LogP contribution in [0.15, 0.2) is 54.9 Å². The lowest BCUT2D eigenvalue weighted by Gasteiger charge is -2.25. The number of hydrogen-bond acceptors (Lipinski definition) is 6. The van der Waals surface area contributed by atoms with Gasteiger partial charge in [0.15, 0.2) is 6.61 Å². The first-order valence-corrected chi connectivity index (χ1v) is 8.99. The number of aromatic nitrogens is 3. The van der Waals surface area contributed by atoms with Crippen molar-refractivity contribution in [2.45, 2.75) is 12.5 Å². The van der Waals surface area contributed by atoms with Gasteiger partial charge in [0, 0.05) is 17.3 Å². The topological polar surface area (TPSA) is 107 Å². The van der Waals surface area contributed by atoms with Gasteiger partial charge in [0.25, 0.3) is 5.91 Å². The predicted molar refractivity (Wildman–Crippen MR) is 105 cm³/mol. The van der Waals surface area contributed by atoms with Crippen LogP contribution in [0.4, 0.5) is 11.6 Å². The summed E-state index contributed by atoms with van der Waals surface area (Å²) < 4.78 is 12.6. The normalized spacial score (nSPS) is 15.2. The highest BCUT2D eigenvalue weighted by molar-refractivity contribution is 5.92. The van der Waals surface area contributed by atoms with Gasteiger partial charge < -0.3 is 14.8 Å². The molecule has 2 heterocycles. The van der Waals surface area contributed by atoms with E-state index in [4.69, 9.17) is 9.47 Å². The number of para-hydroxylation sites is 1. The maximum atomic E-state index is 12.3. The Balaban J connectivity index is 1.48. The molecule has 0 saturated carbocycles. The van der Waals surface area contributed by atoms with Crippen molar-refractivity contribution in [3.8, 4) is 11.5 Å². The van der Waals surface area contributed by atoms with Crippen LogP contribution in [0.25, 0.3) is 0 Å². The molecule has 2 N–H and O–H groups in total. The van der Waals surface area contributed by atoms with Crippen molar-refractivity contribution in [3.05, 3.63) is 60.4 Å². The first-order chi connectivity index (χ1) is 14.1. The minimum Gasteiger partial charge on any atom is -0.497 e. The van der Waals surface area contributed by atoms with Gasteiger partial charge in [-0.3, -0.25) is 14.9 Å². The van der Waals surface area contributed by atoms with Gasteiger partial charge in [-0.15, -0.1) is 0 Å². The Kier molecular flexibility index (Phi) is 5.10. The molecule has 0 unspecified atom stereocenters. The van der Waals surface area contributed by atoms with Gasteiger partial charge in [0.2, 0.25) is 11.9 Å². The fourth-order valence-corrected chi connectivity index (χ4v) is 3.18. The van der Waals surface area contributed by atoms with Crippen molar-refractivity contribution in [2.75, 3.05) is 24.4 Å². The van der Waals surface area contributed by atoms with Crippen LogP contribution in [0.1, 0.15) is 18.0 Å². The third kappa shape index (κ3) is 4.03. The molecule has 0 bridgehead atoms. The average Bonchev–Trinajstić information content (AvgIpc) is 3.20. The molecule has 29 heavy (non-hydrogen) atoms. The summed E-state index contributed by atoms with van der Waals surface area (Å²) in [5.41, 5.74) is 1.37. The molecule has 0 spiro atoms. The summed E-state index contributed by atoms with van der Waals surface area (Å²) >= 11 is 0. The third-order valence-electron chi connectivity index (χ3n) is 4.49. The second-order valence-electron chi connectivity index (χ2n) is 6.40. The molecule has 0 aliphatic carbocycles. The highest BCUT2D eigenvalue weighted by atomic mass is 16.5. The number of amides is 2. The number of anilines is 2. The summed E-state index contributed by atoms with van der Waals surface area (Å²) in [7, 11) is 1.56. The van der Waals surface area contributed by atoms with Crippen molar-refractivity contribution in [1.29, 1.82) is 0 Å². The van der Waals surface area contributed by atoms with Crippen molar-refractivity contribution < 1.29 is 19.1 Å². The van der Waals surface area contributed by atoms with E-state index in [2.05, 4.69) is 20.7 Å². The van der Waals surface area contributed by atoms with E-state index in [-0.39, 0.29) is 30.9 Å². The zero-order valence-corrected chi connectivity index (χ0v) is 15.7. The van der Waals surface area contributed by atoms with E-state index in [0.29, 0.717) is 23.1 Å². The molecule has 0 saturated heterocycles. The van der Waals surface area contributed by atoms with Crippen LogP contribution in [0.2, 0.25) is 0 Å². The lowest BCUT2D eigenvalue weighted by Crippen LogP contribution is -2.29. The molecule has 1 atom stereocenters. The number of carbonyl (C=O) groups excluding carboxylic acids is 2. The Hall–Kier alpha value is -3.88. The van der Waals surface area contributed by atoms with Crippen LogP contribution < -0.4 is 20.1 Å². The maximum Gasteiger partial charge on any atom is 0.262 e. The summed E-state index contributed by atoms with van der Waals surface area (Å²) in [5, 5.41) is 9.65. The van der Waals surface area contributed by atoms with Gasteiger partial charge in [-0.25, -0.2) is 4.68 Å². The van der Waals surface area contributed by atoms with E-state index in [1.54, 1.807) is 42.1 Å². The standard InChI is InChI=1S/C20H19N5O4/c1-28-14-6-4-5-13(9-14)23-19(27)11-29-17-8-3-2-7-15(17)16-10-18(26)24-20-21-12-22-25(16)20/h2-9,12,16H,10-11H2,1H3,(H,23,27)(H,21,22,24,26)/t16-/m1/s1. The zero-order valence-electron chi connectivity index (χ0n) is 15.7. The molecule has 1 aromatic heterocycles. The van der Waals surface area contributed by atoms with E-state index in [9.17, 15) is 9.59 Å². The van der Waals surface area contributed by atoms with E-state index in [1.807, 2.05) is 18.2 Å². The Bertz CT molecular complexity index is 1050. The second kappa shape index (κ2) is 8.01. The molecule has 0 radical (unpaired) electrons. The molecular formula is C20H19N5O4. The summed E-state index contributed by atoms with van der Waals surface area (Å²) in [6.07, 6.45) is 1.59. The SMILES string of the molecule is COc1cccc(NC(=O)COc2ccccc2[C@H]2CC(=O)Nc3ncnn32)c1. The molecule has 3 aromatic rings. The number of hydrogen-bond donors (Lipinski definition) is 2. The van der Waals surface area contributed by atoms with Crippen LogP contribution in [0.3, 0.4) is 0 Å². The fraction of sp³-hybridized carbons (Fsp3) is 0.200. The van der Waals surface area contributed by atoms with E-state index in [0.717, 1.165) is 5.56 Å². The largest absolute Gasteiger partial charge is 0.497 e. The van der Waals surface area contributed by atoms with Gasteiger partial charge in [-0.2, -0.15) is 10.1 Å². The number of methoxy groups -OCH3 is 1. The second-order valence-corrected chi connectivity index (χ2v) is 6.40. The molecule has 0 fully saturated rings. The minimum atomic E-state index is -0.362. The minimum absolute atomic E-state index is 0.152. The molecular weight excluding hydrogens is 374 g/mol. The number of carbonyl (C=O) groups is 2. The zero-order chi connectivity index (χ0) is 20.2. The molecule has 148 valence electrons. The highest BCUT2D eigenvalue weighted by Crippen LogP contribution is 2.34. The Morgan fingerprint density at radius 2 is 2.14 bits per heavy atom. The van der Waals surface area contributed by atoms with Crippen molar-refractivity contribution in [3.63, 3.8) is 0 Å². The van der Waals surface area contributed by atoms with Crippen LogP contribution in [0.5, 0.6) is 11.5 Å². The summed E-state index contributed by atoms with van der Waals surface area (Å²) in [4.78, 5) is 28.4. The predicted octanol–water partition coefficient (Wildman–Crippen LogP) is 2.24. The summed E-state index contributed by atoms with van der Waals surface area (Å²) in [5.74, 6) is 1.08. The number of ether oxygens (including phenoxy) is 2. The number of benzene rings is 2. The molecule has 1 aliphatic rings. The molecule has 1 aliphatic heterocycles. The lowest BCUT2D eigenvalue weighted by atomic mass is 10.0. The van der Waals surface area contributed by atoms with Gasteiger partial charge in [0.05, 0.1) is 19.6 Å². The monoisotopic (exact) mass is 393 g/mol. The van der Waals surface area contributed by atoms with Crippen molar-refractivity contribution >= 4 is 23.5 Å². The Morgan fingerprint density at radius 3 is 3.00 bits per heavy atom. The van der Waals surface area contributed by atoms with Crippen LogP contribution in [-0.2, 0) is 9.59 Å². The third-order valence-corrected chi connectivity index (χ3v) is 4.49. The lowest BCUT2D eigenvalue weighted by molar-refractivity contribution is -0.118. The van der Waals surface area contributed by atoms with Crippen molar-refractivity contribution in [2.24, 2.45) is 0 Å². The van der Waals surface area contributed by atoms with Crippen LogP contribution >= 0.6 is 0 Å². The van der Waals surface area contributed by atoms with Crippen molar-refractivity contribution in [1.82, 2.24) is 14.8 Å². The smallest absolute Gasteiger partial charge is 0.262 e. The number of fused-ring (bicyclic) bond motifs is 1. The van der Waals surface area contributed by atoms with E-state index in [1.165, 1.54) is 6.33 Å². The quantitative estimate of drug-likeness (QED) is 0.665. The number of nitrogens with zero attached hydrogens (tertiary/aromatic N) is 3. The molecule has 9 heteroatoms. The van der Waals surface area contributed by atoms with Gasteiger partial charge in [-0.05, 0) is 18.2 Å². The van der Waals surface area contributed by atoms with E-state index >= 15 is 0 Å². The molecule has 4 rings (SSSR count). The average molecular weight is 393 g/mol. The molecule has 2 amide bonds.